The fraction of sp³-hybridized carbons (Fsp3) is 0.545. The van der Waals surface area contributed by atoms with E-state index in [9.17, 15) is 19.2 Å². The molecule has 3 atom stereocenters. The van der Waals surface area contributed by atoms with E-state index in [1.807, 2.05) is 26.0 Å². The van der Waals surface area contributed by atoms with Crippen LogP contribution in [0.5, 0.6) is 0 Å². The number of anilines is 1. The average Bonchev–Trinajstić information content (AvgIpc) is 2.95. The molecule has 0 unspecified atom stereocenters. The minimum atomic E-state index is -1.06. The highest BCUT2D eigenvalue weighted by Crippen LogP contribution is 2.38. The largest absolute Gasteiger partial charge is 0.451 e. The summed E-state index contributed by atoms with van der Waals surface area (Å²) in [6.45, 7) is 4.92. The van der Waals surface area contributed by atoms with Crippen molar-refractivity contribution in [3.63, 3.8) is 0 Å². The molecule has 0 aromatic heterocycles. The molecule has 4 amide bonds. The van der Waals surface area contributed by atoms with Crippen molar-refractivity contribution in [3.8, 4) is 0 Å². The molecule has 8 nitrogen and oxygen atoms in total. The Morgan fingerprint density at radius 1 is 1.27 bits per heavy atom. The molecular formula is C22H29N3O5. The maximum Gasteiger partial charge on any atom is 0.327 e. The first-order valence-electron chi connectivity index (χ1n) is 10.5. The Labute approximate surface area is 176 Å². The molecule has 0 bridgehead atoms. The Morgan fingerprint density at radius 2 is 1.97 bits per heavy atom. The lowest BCUT2D eigenvalue weighted by molar-refractivity contribution is -0.155. The van der Waals surface area contributed by atoms with E-state index in [0.29, 0.717) is 12.1 Å². The second-order valence-electron chi connectivity index (χ2n) is 8.11. The zero-order valence-electron chi connectivity index (χ0n) is 17.7. The van der Waals surface area contributed by atoms with Crippen molar-refractivity contribution < 1.29 is 23.9 Å². The van der Waals surface area contributed by atoms with Gasteiger partial charge < -0.3 is 15.4 Å². The third-order valence-corrected chi connectivity index (χ3v) is 6.10. The van der Waals surface area contributed by atoms with Gasteiger partial charge >= 0.3 is 12.0 Å². The van der Waals surface area contributed by atoms with E-state index >= 15 is 0 Å². The van der Waals surface area contributed by atoms with Gasteiger partial charge in [0.2, 0.25) is 0 Å². The van der Waals surface area contributed by atoms with E-state index in [1.54, 1.807) is 12.1 Å². The highest BCUT2D eigenvalue weighted by Gasteiger charge is 2.55. The van der Waals surface area contributed by atoms with Gasteiger partial charge in [-0.3, -0.25) is 19.3 Å². The molecule has 2 fully saturated rings. The number of carbonyl (C=O) groups excluding carboxylic acids is 4. The molecule has 0 radical (unpaired) electrons. The number of benzene rings is 1. The Hall–Kier alpha value is -2.90. The Balaban J connectivity index is 1.56. The molecule has 1 saturated heterocycles. The summed E-state index contributed by atoms with van der Waals surface area (Å²) in [5, 5.41) is 5.48. The number of imide groups is 1. The van der Waals surface area contributed by atoms with E-state index in [-0.39, 0.29) is 11.8 Å². The lowest BCUT2D eigenvalue weighted by atomic mass is 9.73. The van der Waals surface area contributed by atoms with Crippen LogP contribution in [0.2, 0.25) is 0 Å². The van der Waals surface area contributed by atoms with Crippen molar-refractivity contribution >= 4 is 29.5 Å². The first-order chi connectivity index (χ1) is 14.3. The van der Waals surface area contributed by atoms with Crippen LogP contribution < -0.4 is 10.6 Å². The average molecular weight is 415 g/mol. The second-order valence-corrected chi connectivity index (χ2v) is 8.11. The lowest BCUT2D eigenvalue weighted by Crippen LogP contribution is -2.54. The summed E-state index contributed by atoms with van der Waals surface area (Å²) in [5.41, 5.74) is 0.817. The molecule has 8 heteroatoms. The van der Waals surface area contributed by atoms with Gasteiger partial charge in [0.05, 0.1) is 0 Å². The number of aryl methyl sites for hydroxylation is 1. The molecule has 1 spiro atoms. The zero-order chi connectivity index (χ0) is 21.9. The molecule has 2 N–H and O–H groups in total. The molecule has 1 aliphatic heterocycles. The highest BCUT2D eigenvalue weighted by atomic mass is 16.5. The van der Waals surface area contributed by atoms with Gasteiger partial charge in [-0.25, -0.2) is 4.79 Å². The summed E-state index contributed by atoms with van der Waals surface area (Å²) in [6, 6.07) is 6.80. The van der Waals surface area contributed by atoms with E-state index in [0.717, 1.165) is 36.1 Å². The Morgan fingerprint density at radius 3 is 2.60 bits per heavy atom. The molecule has 1 saturated carbocycles. The smallest absolute Gasteiger partial charge is 0.327 e. The van der Waals surface area contributed by atoms with Gasteiger partial charge in [0, 0.05) is 5.69 Å². The van der Waals surface area contributed by atoms with E-state index in [1.165, 1.54) is 6.92 Å². The summed E-state index contributed by atoms with van der Waals surface area (Å²) in [4.78, 5) is 50.8. The van der Waals surface area contributed by atoms with Crippen molar-refractivity contribution in [1.82, 2.24) is 10.2 Å². The standard InChI is InChI=1S/C22H29N3O5/c1-4-16-8-10-17(11-9-16)23-19(27)15(3)30-18(26)13-25-20(28)22(24-21(25)29)12-6-5-7-14(22)2/h8-11,14-15H,4-7,12-13H2,1-3H3,(H,23,27)(H,24,29)/t14-,15+,22+/m0/s1. The minimum absolute atomic E-state index is 0.00696. The van der Waals surface area contributed by atoms with Crippen molar-refractivity contribution in [1.29, 1.82) is 0 Å². The summed E-state index contributed by atoms with van der Waals surface area (Å²) in [7, 11) is 0. The summed E-state index contributed by atoms with van der Waals surface area (Å²) < 4.78 is 5.17. The number of rotatable bonds is 6. The second kappa shape index (κ2) is 8.85. The normalized spacial score (nSPS) is 24.5. The van der Waals surface area contributed by atoms with Crippen LogP contribution in [-0.2, 0) is 25.5 Å². The van der Waals surface area contributed by atoms with Crippen LogP contribution in [-0.4, -0.2) is 46.9 Å². The number of nitrogens with one attached hydrogen (secondary N) is 2. The molecule has 2 aliphatic rings. The molecule has 1 aromatic rings. The van der Waals surface area contributed by atoms with Crippen LogP contribution in [0.3, 0.4) is 0 Å². The fourth-order valence-corrected chi connectivity index (χ4v) is 4.12. The molecule has 1 aliphatic carbocycles. The van der Waals surface area contributed by atoms with E-state index in [2.05, 4.69) is 10.6 Å². The number of nitrogens with zero attached hydrogens (tertiary/aromatic N) is 1. The molecule has 1 heterocycles. The quantitative estimate of drug-likeness (QED) is 0.549. The van der Waals surface area contributed by atoms with Crippen LogP contribution in [0.15, 0.2) is 24.3 Å². The molecule has 1 aromatic carbocycles. The molecule has 162 valence electrons. The van der Waals surface area contributed by atoms with Crippen LogP contribution in [0.4, 0.5) is 10.5 Å². The van der Waals surface area contributed by atoms with Crippen LogP contribution >= 0.6 is 0 Å². The Bertz CT molecular complexity index is 838. The summed E-state index contributed by atoms with van der Waals surface area (Å²) in [5.74, 6) is -1.66. The number of urea groups is 1. The topological polar surface area (TPSA) is 105 Å². The lowest BCUT2D eigenvalue weighted by Gasteiger charge is -2.36. The van der Waals surface area contributed by atoms with Gasteiger partial charge in [-0.15, -0.1) is 0 Å². The molecular weight excluding hydrogens is 386 g/mol. The predicted octanol–water partition coefficient (Wildman–Crippen LogP) is 2.62. The van der Waals surface area contributed by atoms with E-state index < -0.39 is 36.1 Å². The number of amides is 4. The van der Waals surface area contributed by atoms with Gasteiger partial charge in [0.15, 0.2) is 6.10 Å². The number of esters is 1. The van der Waals surface area contributed by atoms with Crippen LogP contribution in [0, 0.1) is 5.92 Å². The van der Waals surface area contributed by atoms with Crippen LogP contribution in [0.1, 0.15) is 52.0 Å². The SMILES string of the molecule is CCc1ccc(NC(=O)[C@@H](C)OC(=O)CN2C(=O)N[C@@]3(CCCC[C@@H]3C)C2=O)cc1. The van der Waals surface area contributed by atoms with Crippen molar-refractivity contribution in [2.24, 2.45) is 5.92 Å². The zero-order valence-corrected chi connectivity index (χ0v) is 17.7. The monoisotopic (exact) mass is 415 g/mol. The third kappa shape index (κ3) is 4.32. The van der Waals surface area contributed by atoms with Crippen molar-refractivity contribution in [3.05, 3.63) is 29.8 Å². The van der Waals surface area contributed by atoms with Gasteiger partial charge in [0.1, 0.15) is 12.1 Å². The summed E-state index contributed by atoms with van der Waals surface area (Å²) >= 11 is 0. The van der Waals surface area contributed by atoms with Crippen molar-refractivity contribution in [2.75, 3.05) is 11.9 Å². The van der Waals surface area contributed by atoms with Gasteiger partial charge in [-0.05, 0) is 49.8 Å². The Kier molecular flexibility index (Phi) is 6.43. The number of hydrogen-bond acceptors (Lipinski definition) is 5. The number of carbonyl (C=O) groups is 4. The minimum Gasteiger partial charge on any atom is -0.451 e. The van der Waals surface area contributed by atoms with Gasteiger partial charge in [-0.1, -0.05) is 38.8 Å². The maximum atomic E-state index is 12.9. The third-order valence-electron chi connectivity index (χ3n) is 6.10. The number of ether oxygens (including phenoxy) is 1. The van der Waals surface area contributed by atoms with Crippen LogP contribution in [0.25, 0.3) is 0 Å². The predicted molar refractivity (Wildman–Crippen MR) is 111 cm³/mol. The maximum absolute atomic E-state index is 12.9. The fourth-order valence-electron chi connectivity index (χ4n) is 4.12. The first kappa shape index (κ1) is 21.8. The highest BCUT2D eigenvalue weighted by molar-refractivity contribution is 6.09. The number of hydrogen-bond donors (Lipinski definition) is 2. The van der Waals surface area contributed by atoms with Gasteiger partial charge in [0.25, 0.3) is 11.8 Å². The molecule has 30 heavy (non-hydrogen) atoms. The summed E-state index contributed by atoms with van der Waals surface area (Å²) in [6.07, 6.45) is 3.12. The van der Waals surface area contributed by atoms with Gasteiger partial charge in [-0.2, -0.15) is 0 Å². The van der Waals surface area contributed by atoms with Crippen molar-refractivity contribution in [2.45, 2.75) is 64.5 Å². The molecule has 3 rings (SSSR count). The first-order valence-corrected chi connectivity index (χ1v) is 10.5. The van der Waals surface area contributed by atoms with E-state index in [4.69, 9.17) is 4.74 Å².